The summed E-state index contributed by atoms with van der Waals surface area (Å²) in [6.45, 7) is 0.247. The highest BCUT2D eigenvalue weighted by Crippen LogP contribution is 2.29. The first-order valence-electron chi connectivity index (χ1n) is 8.56. The molecular formula is C20H14ClF3N4O. The van der Waals surface area contributed by atoms with Gasteiger partial charge in [0.15, 0.2) is 0 Å². The van der Waals surface area contributed by atoms with Crippen LogP contribution in [0.25, 0.3) is 10.9 Å². The quantitative estimate of drug-likeness (QED) is 0.470. The number of hydrogen-bond acceptors (Lipinski definition) is 2. The van der Waals surface area contributed by atoms with E-state index in [-0.39, 0.29) is 12.5 Å². The molecule has 2 N–H and O–H groups in total. The van der Waals surface area contributed by atoms with Crippen LogP contribution in [0.1, 0.15) is 21.5 Å². The van der Waals surface area contributed by atoms with Crippen molar-refractivity contribution in [3.8, 4) is 0 Å². The van der Waals surface area contributed by atoms with Gasteiger partial charge < -0.3 is 10.3 Å². The molecule has 0 spiro atoms. The number of nitrogens with one attached hydrogen (secondary N) is 2. The smallest absolute Gasteiger partial charge is 0.359 e. The van der Waals surface area contributed by atoms with E-state index in [0.29, 0.717) is 21.8 Å². The molecule has 29 heavy (non-hydrogen) atoms. The fraction of sp³-hybridized carbons (Fsp3) is 0.100. The lowest BCUT2D eigenvalue weighted by molar-refractivity contribution is -0.137. The summed E-state index contributed by atoms with van der Waals surface area (Å²) in [5.74, 6) is -0.348. The molecule has 0 atom stereocenters. The third-order valence-corrected chi connectivity index (χ3v) is 4.65. The van der Waals surface area contributed by atoms with Gasteiger partial charge in [0.05, 0.1) is 29.6 Å². The number of anilines is 1. The largest absolute Gasteiger partial charge is 0.416 e. The zero-order valence-electron chi connectivity index (χ0n) is 14.8. The van der Waals surface area contributed by atoms with Gasteiger partial charge in [0.2, 0.25) is 0 Å². The van der Waals surface area contributed by atoms with Crippen molar-refractivity contribution in [3.63, 3.8) is 0 Å². The summed E-state index contributed by atoms with van der Waals surface area (Å²) in [4.78, 5) is 15.6. The summed E-state index contributed by atoms with van der Waals surface area (Å²) in [6.07, 6.45) is 0.249. The average molecular weight is 419 g/mol. The average Bonchev–Trinajstić information content (AvgIpc) is 3.28. The number of nitrogens with zero attached hydrogens (tertiary/aromatic N) is 2. The van der Waals surface area contributed by atoms with E-state index in [1.54, 1.807) is 30.6 Å². The van der Waals surface area contributed by atoms with Crippen LogP contribution in [-0.2, 0) is 12.7 Å². The van der Waals surface area contributed by atoms with Crippen LogP contribution in [0.5, 0.6) is 0 Å². The lowest BCUT2D eigenvalue weighted by Crippen LogP contribution is -2.11. The molecule has 2 aromatic carbocycles. The number of hydrogen-bond donors (Lipinski definition) is 2. The summed E-state index contributed by atoms with van der Waals surface area (Å²) < 4.78 is 39.4. The number of carbonyl (C=O) groups is 1. The van der Waals surface area contributed by atoms with Gasteiger partial charge in [-0.25, -0.2) is 0 Å². The van der Waals surface area contributed by atoms with Gasteiger partial charge in [-0.15, -0.1) is 0 Å². The van der Waals surface area contributed by atoms with Crippen LogP contribution in [0.4, 0.5) is 18.9 Å². The van der Waals surface area contributed by atoms with Crippen molar-refractivity contribution >= 4 is 34.1 Å². The fourth-order valence-corrected chi connectivity index (χ4v) is 3.12. The highest BCUT2D eigenvalue weighted by molar-refractivity contribution is 6.31. The molecule has 0 saturated carbocycles. The van der Waals surface area contributed by atoms with Gasteiger partial charge in [0.1, 0.15) is 0 Å². The van der Waals surface area contributed by atoms with E-state index in [4.69, 9.17) is 11.6 Å². The third kappa shape index (κ3) is 4.12. The maximum atomic E-state index is 12.6. The zero-order valence-corrected chi connectivity index (χ0v) is 15.6. The summed E-state index contributed by atoms with van der Waals surface area (Å²) in [5, 5.41) is 8.33. The molecule has 0 bridgehead atoms. The van der Waals surface area contributed by atoms with Gasteiger partial charge >= 0.3 is 6.18 Å². The minimum atomic E-state index is -4.37. The zero-order chi connectivity index (χ0) is 20.6. The number of amides is 1. The normalized spacial score (nSPS) is 11.7. The number of H-pyrrole nitrogens is 1. The number of aromatic nitrogens is 3. The van der Waals surface area contributed by atoms with Gasteiger partial charge in [0, 0.05) is 28.3 Å². The van der Waals surface area contributed by atoms with Gasteiger partial charge in [-0.05, 0) is 35.9 Å². The maximum absolute atomic E-state index is 12.6. The summed E-state index contributed by atoms with van der Waals surface area (Å²) >= 11 is 5.96. The standard InChI is InChI=1S/C20H14ClF3N4O/c21-15-5-6-16-17(7-15)25-9-18(16)27-19(29)13-8-26-28(11-13)10-12-1-3-14(4-2-12)20(22,23)24/h1-9,11,25H,10H2,(H,27,29). The van der Waals surface area contributed by atoms with E-state index in [9.17, 15) is 18.0 Å². The van der Waals surface area contributed by atoms with Crippen molar-refractivity contribution in [2.75, 3.05) is 5.32 Å². The lowest BCUT2D eigenvalue weighted by atomic mass is 10.1. The third-order valence-electron chi connectivity index (χ3n) is 4.41. The molecule has 5 nitrogen and oxygen atoms in total. The van der Waals surface area contributed by atoms with E-state index in [1.165, 1.54) is 23.0 Å². The van der Waals surface area contributed by atoms with E-state index in [0.717, 1.165) is 23.0 Å². The summed E-state index contributed by atoms with van der Waals surface area (Å²) in [7, 11) is 0. The number of alkyl halides is 3. The molecule has 2 aromatic heterocycles. The van der Waals surface area contributed by atoms with Crippen molar-refractivity contribution < 1.29 is 18.0 Å². The van der Waals surface area contributed by atoms with Gasteiger partial charge in [0.25, 0.3) is 5.91 Å². The van der Waals surface area contributed by atoms with Gasteiger partial charge in [-0.1, -0.05) is 23.7 Å². The van der Waals surface area contributed by atoms with Crippen LogP contribution in [0.2, 0.25) is 5.02 Å². The van der Waals surface area contributed by atoms with Crippen LogP contribution in [-0.4, -0.2) is 20.7 Å². The molecule has 0 fully saturated rings. The van der Waals surface area contributed by atoms with Gasteiger partial charge in [-0.2, -0.15) is 18.3 Å². The highest BCUT2D eigenvalue weighted by atomic mass is 35.5. The Balaban J connectivity index is 1.46. The van der Waals surface area contributed by atoms with E-state index < -0.39 is 11.7 Å². The minimum Gasteiger partial charge on any atom is -0.359 e. The molecule has 2 heterocycles. The van der Waals surface area contributed by atoms with E-state index >= 15 is 0 Å². The first-order chi connectivity index (χ1) is 13.8. The molecular weight excluding hydrogens is 405 g/mol. The Labute approximate surface area is 168 Å². The number of halogens is 4. The second-order valence-electron chi connectivity index (χ2n) is 6.47. The Morgan fingerprint density at radius 1 is 1.17 bits per heavy atom. The summed E-state index contributed by atoms with van der Waals surface area (Å²) in [6, 6.07) is 10.1. The Morgan fingerprint density at radius 3 is 2.66 bits per heavy atom. The second kappa shape index (κ2) is 7.29. The molecule has 0 radical (unpaired) electrons. The van der Waals surface area contributed by atoms with Crippen LogP contribution in [0.3, 0.4) is 0 Å². The first kappa shape index (κ1) is 19.1. The van der Waals surface area contributed by atoms with E-state index in [1.807, 2.05) is 0 Å². The molecule has 4 aromatic rings. The Morgan fingerprint density at radius 2 is 1.93 bits per heavy atom. The number of aromatic amines is 1. The van der Waals surface area contributed by atoms with Crippen LogP contribution in [0, 0.1) is 0 Å². The molecule has 4 rings (SSSR count). The Kier molecular flexibility index (Phi) is 4.79. The Hall–Kier alpha value is -3.26. The van der Waals surface area contributed by atoms with Crippen LogP contribution >= 0.6 is 11.6 Å². The molecule has 0 aliphatic rings. The monoisotopic (exact) mass is 418 g/mol. The Bertz CT molecular complexity index is 1180. The SMILES string of the molecule is O=C(Nc1c[nH]c2cc(Cl)ccc12)c1cnn(Cc2ccc(C(F)(F)F)cc2)c1. The van der Waals surface area contributed by atoms with Crippen molar-refractivity contribution in [1.82, 2.24) is 14.8 Å². The molecule has 9 heteroatoms. The van der Waals surface area contributed by atoms with Crippen molar-refractivity contribution in [2.24, 2.45) is 0 Å². The predicted molar refractivity (Wildman–Crippen MR) is 104 cm³/mol. The second-order valence-corrected chi connectivity index (χ2v) is 6.90. The topological polar surface area (TPSA) is 62.7 Å². The highest BCUT2D eigenvalue weighted by Gasteiger charge is 2.29. The number of carbonyl (C=O) groups excluding carboxylic acids is 1. The van der Waals surface area contributed by atoms with Gasteiger partial charge in [-0.3, -0.25) is 9.48 Å². The molecule has 0 saturated heterocycles. The van der Waals surface area contributed by atoms with Crippen LogP contribution in [0.15, 0.2) is 61.1 Å². The number of fused-ring (bicyclic) bond motifs is 1. The lowest BCUT2D eigenvalue weighted by Gasteiger charge is -2.07. The fourth-order valence-electron chi connectivity index (χ4n) is 2.95. The van der Waals surface area contributed by atoms with Crippen molar-refractivity contribution in [2.45, 2.75) is 12.7 Å². The van der Waals surface area contributed by atoms with Crippen LogP contribution < -0.4 is 5.32 Å². The van der Waals surface area contributed by atoms with Crippen molar-refractivity contribution in [3.05, 3.63) is 82.8 Å². The van der Waals surface area contributed by atoms with Crippen molar-refractivity contribution in [1.29, 1.82) is 0 Å². The minimum absolute atomic E-state index is 0.247. The number of benzene rings is 2. The predicted octanol–water partition coefficient (Wildman–Crippen LogP) is 5.34. The molecule has 148 valence electrons. The maximum Gasteiger partial charge on any atom is 0.416 e. The molecule has 0 unspecified atom stereocenters. The number of rotatable bonds is 4. The van der Waals surface area contributed by atoms with E-state index in [2.05, 4.69) is 15.4 Å². The summed E-state index contributed by atoms with van der Waals surface area (Å²) in [5.41, 5.74) is 1.67. The molecule has 0 aliphatic carbocycles. The molecule has 0 aliphatic heterocycles. The molecule has 1 amide bonds. The first-order valence-corrected chi connectivity index (χ1v) is 8.94.